The molecule has 0 saturated heterocycles. The first-order chi connectivity index (χ1) is 8.97. The van der Waals surface area contributed by atoms with Crippen LogP contribution in [0.2, 0.25) is 0 Å². The summed E-state index contributed by atoms with van der Waals surface area (Å²) in [4.78, 5) is 19.0. The molecule has 0 unspecified atom stereocenters. The number of aryl methyl sites for hydroxylation is 1. The minimum Gasteiger partial charge on any atom is -0.491 e. The molecular weight excluding hydrogens is 355 g/mol. The van der Waals surface area contributed by atoms with Crippen molar-refractivity contribution in [2.24, 2.45) is 0 Å². The summed E-state index contributed by atoms with van der Waals surface area (Å²) in [6.45, 7) is 5.78. The second kappa shape index (κ2) is 5.73. The summed E-state index contributed by atoms with van der Waals surface area (Å²) in [6, 6.07) is 7.56. The molecule has 2 aromatic rings. The first-order valence-electron chi connectivity index (χ1n) is 6.01. The fourth-order valence-corrected chi connectivity index (χ4v) is 1.95. The molecule has 1 N–H and O–H groups in total. The van der Waals surface area contributed by atoms with E-state index in [1.165, 1.54) is 0 Å². The van der Waals surface area contributed by atoms with Crippen molar-refractivity contribution in [2.45, 2.75) is 26.9 Å². The second-order valence-electron chi connectivity index (χ2n) is 4.51. The van der Waals surface area contributed by atoms with Crippen LogP contribution in [0.25, 0.3) is 11.4 Å². The molecule has 4 nitrogen and oxygen atoms in total. The monoisotopic (exact) mass is 370 g/mol. The number of rotatable bonds is 3. The molecule has 0 fully saturated rings. The van der Waals surface area contributed by atoms with Gasteiger partial charge in [-0.3, -0.25) is 4.79 Å². The number of aromatic nitrogens is 2. The summed E-state index contributed by atoms with van der Waals surface area (Å²) < 4.78 is 6.26. The molecule has 0 saturated carbocycles. The summed E-state index contributed by atoms with van der Waals surface area (Å²) in [5, 5.41) is 0. The summed E-state index contributed by atoms with van der Waals surface area (Å²) in [5.74, 6) is 1.34. The number of nitrogens with one attached hydrogen (secondary N) is 1. The molecular formula is C14H15IN2O2. The van der Waals surface area contributed by atoms with Crippen LogP contribution in [0.15, 0.2) is 29.1 Å². The Morgan fingerprint density at radius 2 is 2.11 bits per heavy atom. The van der Waals surface area contributed by atoms with Gasteiger partial charge in [-0.25, -0.2) is 4.98 Å². The van der Waals surface area contributed by atoms with Crippen LogP contribution in [-0.2, 0) is 0 Å². The quantitative estimate of drug-likeness (QED) is 0.845. The lowest BCUT2D eigenvalue weighted by Gasteiger charge is -2.11. The number of hydrogen-bond donors (Lipinski definition) is 1. The maximum atomic E-state index is 11.8. The Morgan fingerprint density at radius 1 is 1.37 bits per heavy atom. The average molecular weight is 370 g/mol. The number of nitrogens with zero attached hydrogens (tertiary/aromatic N) is 1. The van der Waals surface area contributed by atoms with E-state index in [1.54, 1.807) is 0 Å². The number of hydrogen-bond acceptors (Lipinski definition) is 3. The van der Waals surface area contributed by atoms with Crippen LogP contribution < -0.4 is 10.3 Å². The number of halogens is 1. The van der Waals surface area contributed by atoms with E-state index < -0.39 is 0 Å². The minimum atomic E-state index is -0.113. The summed E-state index contributed by atoms with van der Waals surface area (Å²) >= 11 is 2.00. The zero-order valence-electron chi connectivity index (χ0n) is 11.0. The Morgan fingerprint density at radius 3 is 2.74 bits per heavy atom. The van der Waals surface area contributed by atoms with Crippen molar-refractivity contribution >= 4 is 22.6 Å². The third kappa shape index (κ3) is 3.34. The minimum absolute atomic E-state index is 0.112. The SMILES string of the molecule is Cc1nc(-c2cccc(OC(C)C)c2)[nH]c(=O)c1I. The van der Waals surface area contributed by atoms with Gasteiger partial charge in [0, 0.05) is 5.56 Å². The Bertz CT molecular complexity index is 650. The molecule has 0 radical (unpaired) electrons. The maximum Gasteiger partial charge on any atom is 0.264 e. The van der Waals surface area contributed by atoms with Gasteiger partial charge in [-0.1, -0.05) is 12.1 Å². The summed E-state index contributed by atoms with van der Waals surface area (Å²) in [6.07, 6.45) is 0.112. The molecule has 1 heterocycles. The Hall–Kier alpha value is -1.37. The molecule has 1 aromatic carbocycles. The molecule has 0 bridgehead atoms. The van der Waals surface area contributed by atoms with Crippen molar-refractivity contribution in [3.05, 3.63) is 43.9 Å². The third-order valence-corrected chi connectivity index (χ3v) is 3.78. The van der Waals surface area contributed by atoms with Gasteiger partial charge in [-0.05, 0) is 55.5 Å². The van der Waals surface area contributed by atoms with E-state index in [9.17, 15) is 4.79 Å². The fraction of sp³-hybridized carbons (Fsp3) is 0.286. The molecule has 0 spiro atoms. The zero-order valence-corrected chi connectivity index (χ0v) is 13.2. The van der Waals surface area contributed by atoms with E-state index in [1.807, 2.05) is 67.6 Å². The lowest BCUT2D eigenvalue weighted by molar-refractivity contribution is 0.242. The highest BCUT2D eigenvalue weighted by Crippen LogP contribution is 2.21. The van der Waals surface area contributed by atoms with Gasteiger partial charge in [-0.2, -0.15) is 0 Å². The maximum absolute atomic E-state index is 11.8. The molecule has 100 valence electrons. The smallest absolute Gasteiger partial charge is 0.264 e. The van der Waals surface area contributed by atoms with E-state index in [0.29, 0.717) is 9.39 Å². The molecule has 1 aromatic heterocycles. The molecule has 5 heteroatoms. The summed E-state index contributed by atoms with van der Waals surface area (Å²) in [5.41, 5.74) is 1.46. The Balaban J connectivity index is 2.44. The van der Waals surface area contributed by atoms with Crippen LogP contribution in [0.3, 0.4) is 0 Å². The van der Waals surface area contributed by atoms with E-state index in [0.717, 1.165) is 17.0 Å². The summed E-state index contributed by atoms with van der Waals surface area (Å²) in [7, 11) is 0. The lowest BCUT2D eigenvalue weighted by atomic mass is 10.2. The number of ether oxygens (including phenoxy) is 1. The van der Waals surface area contributed by atoms with Gasteiger partial charge in [0.05, 0.1) is 15.4 Å². The van der Waals surface area contributed by atoms with Gasteiger partial charge in [0.15, 0.2) is 0 Å². The van der Waals surface area contributed by atoms with Crippen LogP contribution >= 0.6 is 22.6 Å². The van der Waals surface area contributed by atoms with Crippen molar-refractivity contribution in [1.82, 2.24) is 9.97 Å². The molecule has 0 amide bonds. The largest absolute Gasteiger partial charge is 0.491 e. The fourth-order valence-electron chi connectivity index (χ4n) is 1.70. The molecule has 19 heavy (non-hydrogen) atoms. The van der Waals surface area contributed by atoms with Gasteiger partial charge in [0.2, 0.25) is 0 Å². The van der Waals surface area contributed by atoms with Gasteiger partial charge >= 0.3 is 0 Å². The average Bonchev–Trinajstić information content (AvgIpc) is 2.35. The van der Waals surface area contributed by atoms with Crippen LogP contribution in [0, 0.1) is 10.5 Å². The van der Waals surface area contributed by atoms with E-state index in [4.69, 9.17) is 4.74 Å². The first kappa shape index (κ1) is 14.0. The van der Waals surface area contributed by atoms with Crippen molar-refractivity contribution in [2.75, 3.05) is 0 Å². The third-order valence-electron chi connectivity index (χ3n) is 2.51. The molecule has 0 atom stereocenters. The lowest BCUT2D eigenvalue weighted by Crippen LogP contribution is -2.14. The van der Waals surface area contributed by atoms with Crippen molar-refractivity contribution < 1.29 is 4.74 Å². The van der Waals surface area contributed by atoms with Crippen molar-refractivity contribution in [3.8, 4) is 17.1 Å². The number of aromatic amines is 1. The van der Waals surface area contributed by atoms with Crippen molar-refractivity contribution in [1.29, 1.82) is 0 Å². The topological polar surface area (TPSA) is 55.0 Å². The molecule has 0 aliphatic carbocycles. The van der Waals surface area contributed by atoms with Gasteiger partial charge in [0.1, 0.15) is 11.6 Å². The van der Waals surface area contributed by atoms with Crippen LogP contribution in [-0.4, -0.2) is 16.1 Å². The number of H-pyrrole nitrogens is 1. The van der Waals surface area contributed by atoms with Gasteiger partial charge < -0.3 is 9.72 Å². The van der Waals surface area contributed by atoms with Crippen LogP contribution in [0.4, 0.5) is 0 Å². The van der Waals surface area contributed by atoms with E-state index >= 15 is 0 Å². The van der Waals surface area contributed by atoms with Crippen molar-refractivity contribution in [3.63, 3.8) is 0 Å². The molecule has 0 aliphatic rings. The zero-order chi connectivity index (χ0) is 14.0. The second-order valence-corrected chi connectivity index (χ2v) is 5.59. The molecule has 0 aliphatic heterocycles. The van der Waals surface area contributed by atoms with Gasteiger partial charge in [0.25, 0.3) is 5.56 Å². The normalized spacial score (nSPS) is 10.8. The number of benzene rings is 1. The predicted molar refractivity (Wildman–Crippen MR) is 83.5 cm³/mol. The highest BCUT2D eigenvalue weighted by Gasteiger charge is 2.08. The predicted octanol–water partition coefficient (Wildman–Crippen LogP) is 3.14. The van der Waals surface area contributed by atoms with E-state index in [-0.39, 0.29) is 11.7 Å². The van der Waals surface area contributed by atoms with Crippen LogP contribution in [0.5, 0.6) is 5.75 Å². The first-order valence-corrected chi connectivity index (χ1v) is 7.08. The Labute approximate surface area is 125 Å². The van der Waals surface area contributed by atoms with Gasteiger partial charge in [-0.15, -0.1) is 0 Å². The highest BCUT2D eigenvalue weighted by molar-refractivity contribution is 14.1. The Kier molecular flexibility index (Phi) is 4.24. The standard InChI is InChI=1S/C14H15IN2O2/c1-8(2)19-11-6-4-5-10(7-11)13-16-9(3)12(15)14(18)17-13/h4-8H,1-3H3,(H,16,17,18). The van der Waals surface area contributed by atoms with E-state index in [2.05, 4.69) is 9.97 Å². The van der Waals surface area contributed by atoms with Crippen LogP contribution in [0.1, 0.15) is 19.5 Å². The molecule has 2 rings (SSSR count). The highest BCUT2D eigenvalue weighted by atomic mass is 127.